The second-order valence-corrected chi connectivity index (χ2v) is 7.54. The van der Waals surface area contributed by atoms with Crippen LogP contribution in [0, 0.1) is 20.8 Å². The van der Waals surface area contributed by atoms with Gasteiger partial charge in [-0.1, -0.05) is 36.4 Å². The second-order valence-electron chi connectivity index (χ2n) is 7.54. The van der Waals surface area contributed by atoms with Crippen LogP contribution in [0.1, 0.15) is 33.9 Å². The van der Waals surface area contributed by atoms with Crippen LogP contribution in [0.3, 0.4) is 0 Å². The highest BCUT2D eigenvalue weighted by atomic mass is 16.3. The van der Waals surface area contributed by atoms with Gasteiger partial charge in [0.1, 0.15) is 5.76 Å². The zero-order chi connectivity index (χ0) is 21.4. The Hall–Kier alpha value is -3.73. The largest absolute Gasteiger partial charge is 0.507 e. The molecule has 1 aliphatic heterocycles. The molecule has 4 rings (SSSR count). The van der Waals surface area contributed by atoms with Crippen molar-refractivity contribution in [2.75, 3.05) is 4.90 Å². The van der Waals surface area contributed by atoms with Crippen molar-refractivity contribution in [3.63, 3.8) is 0 Å². The number of rotatable bonds is 3. The van der Waals surface area contributed by atoms with Gasteiger partial charge in [0.2, 0.25) is 0 Å². The fraction of sp³-hybridized carbons (Fsp3) is 0.160. The second kappa shape index (κ2) is 7.59. The average Bonchev–Trinajstić information content (AvgIpc) is 3.01. The monoisotopic (exact) mass is 398 g/mol. The lowest BCUT2D eigenvalue weighted by Gasteiger charge is -2.26. The van der Waals surface area contributed by atoms with Gasteiger partial charge in [-0.2, -0.15) is 0 Å². The molecule has 1 unspecified atom stereocenters. The first-order chi connectivity index (χ1) is 14.4. The van der Waals surface area contributed by atoms with Crippen LogP contribution in [0.25, 0.3) is 5.76 Å². The van der Waals surface area contributed by atoms with Crippen LogP contribution in [0.5, 0.6) is 0 Å². The van der Waals surface area contributed by atoms with Gasteiger partial charge < -0.3 is 5.11 Å². The van der Waals surface area contributed by atoms with Crippen LogP contribution in [-0.2, 0) is 9.59 Å². The molecule has 1 aromatic heterocycles. The highest BCUT2D eigenvalue weighted by Crippen LogP contribution is 2.42. The fourth-order valence-electron chi connectivity index (χ4n) is 3.81. The number of amides is 1. The lowest BCUT2D eigenvalue weighted by atomic mass is 9.95. The summed E-state index contributed by atoms with van der Waals surface area (Å²) in [5.41, 5.74) is 4.80. The third-order valence-electron chi connectivity index (χ3n) is 5.60. The molecule has 30 heavy (non-hydrogen) atoms. The molecule has 5 heteroatoms. The summed E-state index contributed by atoms with van der Waals surface area (Å²) in [5.74, 6) is -1.55. The third kappa shape index (κ3) is 3.18. The molecule has 150 valence electrons. The van der Waals surface area contributed by atoms with E-state index < -0.39 is 17.7 Å². The van der Waals surface area contributed by atoms with Gasteiger partial charge >= 0.3 is 0 Å². The summed E-state index contributed by atoms with van der Waals surface area (Å²) in [6.07, 6.45) is 3.25. The first-order valence-electron chi connectivity index (χ1n) is 9.74. The van der Waals surface area contributed by atoms with E-state index in [1.165, 1.54) is 4.90 Å². The number of carbonyl (C=O) groups is 2. The maximum atomic E-state index is 13.1. The van der Waals surface area contributed by atoms with Crippen LogP contribution in [0.2, 0.25) is 0 Å². The van der Waals surface area contributed by atoms with E-state index in [9.17, 15) is 14.7 Å². The predicted octanol–water partition coefficient (Wildman–Crippen LogP) is 4.63. The number of aliphatic hydroxyl groups excluding tert-OH is 1. The van der Waals surface area contributed by atoms with Gasteiger partial charge in [0, 0.05) is 23.6 Å². The van der Waals surface area contributed by atoms with E-state index in [4.69, 9.17) is 0 Å². The summed E-state index contributed by atoms with van der Waals surface area (Å²) in [4.78, 5) is 31.9. The standard InChI is InChI=1S/C25H22N2O3/c1-15-10-11-18(13-17(15)3)23(28)21-22(19-8-6-12-26-14-19)27(25(30)24(21)29)20-9-5-4-7-16(20)2/h4-14,22,28H,1-3H3/b23-21-. The van der Waals surface area contributed by atoms with Crippen molar-refractivity contribution in [1.29, 1.82) is 0 Å². The Morgan fingerprint density at radius 2 is 1.70 bits per heavy atom. The van der Waals surface area contributed by atoms with Gasteiger partial charge in [-0.25, -0.2) is 0 Å². The average molecular weight is 398 g/mol. The van der Waals surface area contributed by atoms with Gasteiger partial charge in [0.15, 0.2) is 0 Å². The number of hydrogen-bond acceptors (Lipinski definition) is 4. The molecule has 1 atom stereocenters. The van der Waals surface area contributed by atoms with E-state index in [2.05, 4.69) is 4.98 Å². The minimum atomic E-state index is -0.763. The number of aliphatic hydroxyl groups is 1. The summed E-state index contributed by atoms with van der Waals surface area (Å²) in [7, 11) is 0. The normalized spacial score (nSPS) is 18.1. The van der Waals surface area contributed by atoms with Crippen molar-refractivity contribution in [3.8, 4) is 0 Å². The molecule has 1 N–H and O–H groups in total. The van der Waals surface area contributed by atoms with Crippen molar-refractivity contribution < 1.29 is 14.7 Å². The molecule has 0 aliphatic carbocycles. The number of aromatic nitrogens is 1. The van der Waals surface area contributed by atoms with Crippen LogP contribution in [-0.4, -0.2) is 21.8 Å². The zero-order valence-corrected chi connectivity index (χ0v) is 17.1. The van der Waals surface area contributed by atoms with Crippen LogP contribution in [0.15, 0.2) is 72.6 Å². The molecule has 2 heterocycles. The number of hydrogen-bond donors (Lipinski definition) is 1. The number of para-hydroxylation sites is 1. The number of benzene rings is 2. The fourth-order valence-corrected chi connectivity index (χ4v) is 3.81. The molecule has 1 saturated heterocycles. The van der Waals surface area contributed by atoms with Crippen LogP contribution >= 0.6 is 0 Å². The first-order valence-corrected chi connectivity index (χ1v) is 9.74. The van der Waals surface area contributed by atoms with Crippen molar-refractivity contribution in [2.24, 2.45) is 0 Å². The Balaban J connectivity index is 1.97. The van der Waals surface area contributed by atoms with Gasteiger partial charge in [-0.15, -0.1) is 0 Å². The van der Waals surface area contributed by atoms with Crippen molar-refractivity contribution in [1.82, 2.24) is 4.98 Å². The number of carbonyl (C=O) groups excluding carboxylic acids is 2. The molecule has 1 fully saturated rings. The number of ketones is 1. The summed E-state index contributed by atoms with van der Waals surface area (Å²) in [6, 6.07) is 15.7. The van der Waals surface area contributed by atoms with E-state index in [-0.39, 0.29) is 11.3 Å². The van der Waals surface area contributed by atoms with E-state index in [0.29, 0.717) is 16.8 Å². The van der Waals surface area contributed by atoms with Gasteiger partial charge in [-0.3, -0.25) is 19.5 Å². The molecule has 1 amide bonds. The zero-order valence-electron chi connectivity index (χ0n) is 17.1. The van der Waals surface area contributed by atoms with Crippen LogP contribution < -0.4 is 4.90 Å². The number of anilines is 1. The molecular weight excluding hydrogens is 376 g/mol. The van der Waals surface area contributed by atoms with Gasteiger partial charge in [0.05, 0.1) is 11.6 Å². The Labute approximate surface area is 175 Å². The predicted molar refractivity (Wildman–Crippen MR) is 116 cm³/mol. The lowest BCUT2D eigenvalue weighted by molar-refractivity contribution is -0.132. The molecule has 0 bridgehead atoms. The molecule has 0 saturated carbocycles. The topological polar surface area (TPSA) is 70.5 Å². The maximum absolute atomic E-state index is 13.1. The Morgan fingerprint density at radius 1 is 0.933 bits per heavy atom. The van der Waals surface area contributed by atoms with E-state index >= 15 is 0 Å². The molecule has 2 aromatic carbocycles. The molecule has 0 radical (unpaired) electrons. The SMILES string of the molecule is Cc1ccc(/C(O)=C2/C(=O)C(=O)N(c3ccccc3C)C2c2cccnc2)cc1C. The number of pyridine rings is 1. The lowest BCUT2D eigenvalue weighted by Crippen LogP contribution is -2.30. The summed E-state index contributed by atoms with van der Waals surface area (Å²) < 4.78 is 0. The van der Waals surface area contributed by atoms with Crippen molar-refractivity contribution in [2.45, 2.75) is 26.8 Å². The molecule has 1 aliphatic rings. The summed E-state index contributed by atoms with van der Waals surface area (Å²) >= 11 is 0. The maximum Gasteiger partial charge on any atom is 0.300 e. The first kappa shape index (κ1) is 19.6. The number of nitrogens with zero attached hydrogens (tertiary/aromatic N) is 2. The minimum absolute atomic E-state index is 0.0690. The molecule has 5 nitrogen and oxygen atoms in total. The van der Waals surface area contributed by atoms with Crippen molar-refractivity contribution >= 4 is 23.1 Å². The highest BCUT2D eigenvalue weighted by Gasteiger charge is 2.47. The number of aryl methyl sites for hydroxylation is 3. The van der Waals surface area contributed by atoms with E-state index in [1.807, 2.05) is 57.2 Å². The molecular formula is C25H22N2O3. The van der Waals surface area contributed by atoms with E-state index in [0.717, 1.165) is 16.7 Å². The summed E-state index contributed by atoms with van der Waals surface area (Å²) in [5, 5.41) is 11.1. The summed E-state index contributed by atoms with van der Waals surface area (Å²) in [6.45, 7) is 5.81. The highest BCUT2D eigenvalue weighted by molar-refractivity contribution is 6.51. The quantitative estimate of drug-likeness (QED) is 0.397. The Morgan fingerprint density at radius 3 is 2.37 bits per heavy atom. The van der Waals surface area contributed by atoms with Crippen molar-refractivity contribution in [3.05, 3.63) is 100 Å². The number of Topliss-reactive ketones (excluding diaryl/α,β-unsaturated/α-hetero) is 1. The van der Waals surface area contributed by atoms with Gasteiger partial charge in [-0.05, 0) is 61.2 Å². The van der Waals surface area contributed by atoms with Crippen LogP contribution in [0.4, 0.5) is 5.69 Å². The Kier molecular flexibility index (Phi) is 4.96. The smallest absolute Gasteiger partial charge is 0.300 e. The third-order valence-corrected chi connectivity index (χ3v) is 5.60. The van der Waals surface area contributed by atoms with E-state index in [1.54, 1.807) is 30.6 Å². The minimum Gasteiger partial charge on any atom is -0.507 e. The molecule has 3 aromatic rings. The molecule has 0 spiro atoms. The Bertz CT molecular complexity index is 1180. The van der Waals surface area contributed by atoms with Gasteiger partial charge in [0.25, 0.3) is 11.7 Å².